The Balaban J connectivity index is 3.23. The van der Waals surface area contributed by atoms with Gasteiger partial charge in [-0.2, -0.15) is 0 Å². The lowest BCUT2D eigenvalue weighted by Gasteiger charge is -2.22. The standard InChI is InChI=1S/C11H14F2N2O/c1-6(2)15(3)11(16)9-7(12)4-5-8(14)10(9)13/h4-6H,14H2,1-3H3. The first-order valence-electron chi connectivity index (χ1n) is 4.87. The Hall–Kier alpha value is -1.65. The van der Waals surface area contributed by atoms with Gasteiger partial charge in [-0.15, -0.1) is 0 Å². The minimum Gasteiger partial charge on any atom is -0.396 e. The van der Waals surface area contributed by atoms with Crippen molar-refractivity contribution >= 4 is 11.6 Å². The number of amides is 1. The zero-order valence-corrected chi connectivity index (χ0v) is 9.42. The molecule has 3 nitrogen and oxygen atoms in total. The minimum absolute atomic E-state index is 0.146. The quantitative estimate of drug-likeness (QED) is 0.787. The Labute approximate surface area is 92.8 Å². The number of anilines is 1. The molecule has 0 aromatic heterocycles. The fraction of sp³-hybridized carbons (Fsp3) is 0.364. The molecule has 0 saturated carbocycles. The van der Waals surface area contributed by atoms with E-state index in [4.69, 9.17) is 5.73 Å². The molecule has 0 radical (unpaired) electrons. The van der Waals surface area contributed by atoms with Crippen molar-refractivity contribution < 1.29 is 13.6 Å². The smallest absolute Gasteiger partial charge is 0.259 e. The molecule has 88 valence electrons. The molecule has 0 spiro atoms. The van der Waals surface area contributed by atoms with Crippen LogP contribution >= 0.6 is 0 Å². The second-order valence-electron chi connectivity index (χ2n) is 3.84. The van der Waals surface area contributed by atoms with Gasteiger partial charge in [-0.05, 0) is 26.0 Å². The third-order valence-corrected chi connectivity index (χ3v) is 2.43. The van der Waals surface area contributed by atoms with Crippen molar-refractivity contribution in [1.29, 1.82) is 0 Å². The van der Waals surface area contributed by atoms with Gasteiger partial charge in [0.05, 0.1) is 5.69 Å². The zero-order chi connectivity index (χ0) is 12.5. The van der Waals surface area contributed by atoms with E-state index in [2.05, 4.69) is 0 Å². The van der Waals surface area contributed by atoms with E-state index in [1.54, 1.807) is 13.8 Å². The summed E-state index contributed by atoms with van der Waals surface area (Å²) in [6, 6.07) is 1.93. The van der Waals surface area contributed by atoms with E-state index in [9.17, 15) is 13.6 Å². The molecule has 1 aromatic rings. The number of hydrogen-bond acceptors (Lipinski definition) is 2. The normalized spacial score (nSPS) is 10.6. The van der Waals surface area contributed by atoms with Crippen molar-refractivity contribution in [2.24, 2.45) is 0 Å². The number of nitrogens with zero attached hydrogens (tertiary/aromatic N) is 1. The van der Waals surface area contributed by atoms with Crippen LogP contribution in [0.1, 0.15) is 24.2 Å². The van der Waals surface area contributed by atoms with Crippen LogP contribution in [0, 0.1) is 11.6 Å². The highest BCUT2D eigenvalue weighted by atomic mass is 19.1. The SMILES string of the molecule is CC(C)N(C)C(=O)c1c(F)ccc(N)c1F. The molecular formula is C11H14F2N2O. The molecule has 5 heteroatoms. The Morgan fingerprint density at radius 2 is 1.94 bits per heavy atom. The van der Waals surface area contributed by atoms with Gasteiger partial charge in [-0.25, -0.2) is 8.78 Å². The predicted octanol–water partition coefficient (Wildman–Crippen LogP) is 2.03. The molecule has 0 aliphatic rings. The summed E-state index contributed by atoms with van der Waals surface area (Å²) in [5, 5.41) is 0. The molecule has 2 N–H and O–H groups in total. The fourth-order valence-corrected chi connectivity index (χ4v) is 1.18. The number of hydrogen-bond donors (Lipinski definition) is 1. The number of nitrogens with two attached hydrogens (primary N) is 1. The largest absolute Gasteiger partial charge is 0.396 e. The molecule has 0 bridgehead atoms. The van der Waals surface area contributed by atoms with Crippen LogP contribution in [0.2, 0.25) is 0 Å². The third-order valence-electron chi connectivity index (χ3n) is 2.43. The molecule has 16 heavy (non-hydrogen) atoms. The van der Waals surface area contributed by atoms with E-state index < -0.39 is 23.1 Å². The van der Waals surface area contributed by atoms with E-state index in [0.717, 1.165) is 12.1 Å². The first-order chi connectivity index (χ1) is 7.36. The molecule has 0 unspecified atom stereocenters. The van der Waals surface area contributed by atoms with Crippen LogP contribution in [0.15, 0.2) is 12.1 Å². The highest BCUT2D eigenvalue weighted by Crippen LogP contribution is 2.20. The van der Waals surface area contributed by atoms with Crippen LogP contribution in [0.5, 0.6) is 0 Å². The molecule has 1 rings (SSSR count). The lowest BCUT2D eigenvalue weighted by molar-refractivity contribution is 0.0745. The Kier molecular flexibility index (Phi) is 3.47. The summed E-state index contributed by atoms with van der Waals surface area (Å²) in [4.78, 5) is 13.0. The molecule has 0 heterocycles. The van der Waals surface area contributed by atoms with Crippen molar-refractivity contribution in [2.75, 3.05) is 12.8 Å². The van der Waals surface area contributed by atoms with Crippen molar-refractivity contribution in [3.05, 3.63) is 29.3 Å². The van der Waals surface area contributed by atoms with Crippen LogP contribution in [0.3, 0.4) is 0 Å². The van der Waals surface area contributed by atoms with Crippen molar-refractivity contribution in [1.82, 2.24) is 4.90 Å². The van der Waals surface area contributed by atoms with Gasteiger partial charge in [-0.1, -0.05) is 0 Å². The summed E-state index contributed by atoms with van der Waals surface area (Å²) in [6.45, 7) is 3.50. The van der Waals surface area contributed by atoms with Gasteiger partial charge in [0.25, 0.3) is 5.91 Å². The monoisotopic (exact) mass is 228 g/mol. The minimum atomic E-state index is -1.00. The number of carbonyl (C=O) groups excluding carboxylic acids is 1. The number of nitrogen functional groups attached to an aromatic ring is 1. The highest BCUT2D eigenvalue weighted by Gasteiger charge is 2.23. The maximum Gasteiger partial charge on any atom is 0.259 e. The average molecular weight is 228 g/mol. The summed E-state index contributed by atoms with van der Waals surface area (Å²) in [5.41, 5.74) is 4.46. The lowest BCUT2D eigenvalue weighted by Crippen LogP contribution is -2.34. The summed E-state index contributed by atoms with van der Waals surface area (Å²) in [5.74, 6) is -2.61. The molecule has 1 amide bonds. The van der Waals surface area contributed by atoms with E-state index >= 15 is 0 Å². The topological polar surface area (TPSA) is 46.3 Å². The van der Waals surface area contributed by atoms with Gasteiger partial charge in [0.15, 0.2) is 5.82 Å². The maximum atomic E-state index is 13.5. The van der Waals surface area contributed by atoms with Gasteiger partial charge in [0.1, 0.15) is 11.4 Å². The van der Waals surface area contributed by atoms with Crippen molar-refractivity contribution in [2.45, 2.75) is 19.9 Å². The lowest BCUT2D eigenvalue weighted by atomic mass is 10.1. The van der Waals surface area contributed by atoms with Crippen LogP contribution < -0.4 is 5.73 Å². The zero-order valence-electron chi connectivity index (χ0n) is 9.42. The first-order valence-corrected chi connectivity index (χ1v) is 4.87. The summed E-state index contributed by atoms with van der Waals surface area (Å²) in [6.07, 6.45) is 0. The number of benzene rings is 1. The van der Waals surface area contributed by atoms with E-state index in [-0.39, 0.29) is 11.7 Å². The molecule has 0 saturated heterocycles. The second kappa shape index (κ2) is 4.47. The molecule has 0 fully saturated rings. The van der Waals surface area contributed by atoms with E-state index in [1.165, 1.54) is 11.9 Å². The van der Waals surface area contributed by atoms with Crippen molar-refractivity contribution in [3.8, 4) is 0 Å². The first kappa shape index (κ1) is 12.4. The number of rotatable bonds is 2. The Morgan fingerprint density at radius 3 is 2.44 bits per heavy atom. The Bertz CT molecular complexity index is 419. The molecule has 0 atom stereocenters. The van der Waals surface area contributed by atoms with E-state index in [0.29, 0.717) is 0 Å². The number of halogens is 2. The van der Waals surface area contributed by atoms with Crippen LogP contribution in [0.4, 0.5) is 14.5 Å². The van der Waals surface area contributed by atoms with Gasteiger partial charge < -0.3 is 10.6 Å². The summed E-state index contributed by atoms with van der Waals surface area (Å²) in [7, 11) is 1.48. The second-order valence-corrected chi connectivity index (χ2v) is 3.84. The number of carbonyl (C=O) groups is 1. The van der Waals surface area contributed by atoms with Gasteiger partial charge in [0, 0.05) is 13.1 Å². The molecule has 1 aromatic carbocycles. The van der Waals surface area contributed by atoms with Crippen molar-refractivity contribution in [3.63, 3.8) is 0 Å². The molecular weight excluding hydrogens is 214 g/mol. The Morgan fingerprint density at radius 1 is 1.38 bits per heavy atom. The predicted molar refractivity (Wildman–Crippen MR) is 58.0 cm³/mol. The van der Waals surface area contributed by atoms with Crippen LogP contribution in [0.25, 0.3) is 0 Å². The van der Waals surface area contributed by atoms with E-state index in [1.807, 2.05) is 0 Å². The van der Waals surface area contributed by atoms with Gasteiger partial charge in [-0.3, -0.25) is 4.79 Å². The highest BCUT2D eigenvalue weighted by molar-refractivity contribution is 5.95. The van der Waals surface area contributed by atoms with Crippen LogP contribution in [-0.2, 0) is 0 Å². The summed E-state index contributed by atoms with van der Waals surface area (Å²) >= 11 is 0. The fourth-order valence-electron chi connectivity index (χ4n) is 1.18. The maximum absolute atomic E-state index is 13.5. The molecule has 0 aliphatic heterocycles. The molecule has 0 aliphatic carbocycles. The van der Waals surface area contributed by atoms with Gasteiger partial charge >= 0.3 is 0 Å². The summed E-state index contributed by atoms with van der Waals surface area (Å²) < 4.78 is 26.9. The third kappa shape index (κ3) is 2.13. The van der Waals surface area contributed by atoms with Gasteiger partial charge in [0.2, 0.25) is 0 Å². The average Bonchev–Trinajstić information content (AvgIpc) is 2.22. The van der Waals surface area contributed by atoms with Crippen LogP contribution in [-0.4, -0.2) is 23.9 Å².